The summed E-state index contributed by atoms with van der Waals surface area (Å²) in [7, 11) is 1.28. The lowest BCUT2D eigenvalue weighted by Gasteiger charge is -2.17. The highest BCUT2D eigenvalue weighted by Crippen LogP contribution is 2.04. The Morgan fingerprint density at radius 3 is 2.35 bits per heavy atom. The van der Waals surface area contributed by atoms with Crippen molar-refractivity contribution in [3.8, 4) is 0 Å². The van der Waals surface area contributed by atoms with Gasteiger partial charge >= 0.3 is 11.9 Å². The maximum absolute atomic E-state index is 11.9. The van der Waals surface area contributed by atoms with Crippen LogP contribution < -0.4 is 5.32 Å². The van der Waals surface area contributed by atoms with Crippen LogP contribution in [-0.2, 0) is 23.9 Å². The Morgan fingerprint density at radius 2 is 1.80 bits per heavy atom. The van der Waals surface area contributed by atoms with E-state index in [1.165, 1.54) is 7.11 Å². The number of nitrogens with one attached hydrogen (secondary N) is 1. The van der Waals surface area contributed by atoms with Crippen LogP contribution in [-0.4, -0.2) is 37.6 Å². The molecule has 1 amide bonds. The SMILES string of the molecule is CCCCOC(=O)[C@H](CCC(=O)OC)NC(=O)CCC. The highest BCUT2D eigenvalue weighted by molar-refractivity contribution is 5.84. The number of rotatable bonds is 10. The highest BCUT2D eigenvalue weighted by Gasteiger charge is 2.23. The molecule has 0 aliphatic carbocycles. The molecule has 0 unspecified atom stereocenters. The molecule has 6 heteroatoms. The first kappa shape index (κ1) is 18.4. The Hall–Kier alpha value is -1.59. The molecule has 0 aromatic rings. The Kier molecular flexibility index (Phi) is 10.4. The number of hydrogen-bond donors (Lipinski definition) is 1. The Balaban J connectivity index is 4.39. The molecule has 1 atom stereocenters. The van der Waals surface area contributed by atoms with Gasteiger partial charge in [0.1, 0.15) is 6.04 Å². The molecular weight excluding hydrogens is 262 g/mol. The molecule has 0 fully saturated rings. The maximum atomic E-state index is 11.9. The van der Waals surface area contributed by atoms with Gasteiger partial charge in [-0.25, -0.2) is 4.79 Å². The van der Waals surface area contributed by atoms with E-state index >= 15 is 0 Å². The summed E-state index contributed by atoms with van der Waals surface area (Å²) >= 11 is 0. The summed E-state index contributed by atoms with van der Waals surface area (Å²) in [5.41, 5.74) is 0. The number of carbonyl (C=O) groups excluding carboxylic acids is 3. The number of amides is 1. The van der Waals surface area contributed by atoms with E-state index in [1.807, 2.05) is 13.8 Å². The van der Waals surface area contributed by atoms with Crippen LogP contribution >= 0.6 is 0 Å². The van der Waals surface area contributed by atoms with E-state index in [9.17, 15) is 14.4 Å². The summed E-state index contributed by atoms with van der Waals surface area (Å²) in [6.07, 6.45) is 2.99. The predicted molar refractivity (Wildman–Crippen MR) is 74.0 cm³/mol. The molecule has 0 aliphatic heterocycles. The second kappa shape index (κ2) is 11.3. The van der Waals surface area contributed by atoms with Crippen molar-refractivity contribution in [2.24, 2.45) is 0 Å². The number of ether oxygens (including phenoxy) is 2. The van der Waals surface area contributed by atoms with Gasteiger partial charge in [-0.15, -0.1) is 0 Å². The minimum Gasteiger partial charge on any atom is -0.469 e. The molecule has 116 valence electrons. The van der Waals surface area contributed by atoms with Crippen molar-refractivity contribution >= 4 is 17.8 Å². The molecule has 0 aliphatic rings. The topological polar surface area (TPSA) is 81.7 Å². The average Bonchev–Trinajstić information content (AvgIpc) is 2.43. The maximum Gasteiger partial charge on any atom is 0.328 e. The first-order chi connectivity index (χ1) is 9.54. The zero-order valence-corrected chi connectivity index (χ0v) is 12.6. The predicted octanol–water partition coefficient (Wildman–Crippen LogP) is 1.57. The fourth-order valence-corrected chi connectivity index (χ4v) is 1.52. The van der Waals surface area contributed by atoms with Gasteiger partial charge in [0.2, 0.25) is 5.91 Å². The second-order valence-electron chi connectivity index (χ2n) is 4.51. The second-order valence-corrected chi connectivity index (χ2v) is 4.51. The van der Waals surface area contributed by atoms with E-state index < -0.39 is 18.0 Å². The summed E-state index contributed by atoms with van der Waals surface area (Å²) in [6.45, 7) is 4.20. The lowest BCUT2D eigenvalue weighted by atomic mass is 10.1. The van der Waals surface area contributed by atoms with Gasteiger partial charge in [0.25, 0.3) is 0 Å². The number of methoxy groups -OCH3 is 1. The van der Waals surface area contributed by atoms with Crippen molar-refractivity contribution in [3.63, 3.8) is 0 Å². The molecule has 0 aromatic carbocycles. The molecule has 0 heterocycles. The fraction of sp³-hybridized carbons (Fsp3) is 0.786. The first-order valence-corrected chi connectivity index (χ1v) is 7.07. The molecule has 0 spiro atoms. The van der Waals surface area contributed by atoms with Crippen molar-refractivity contribution in [2.75, 3.05) is 13.7 Å². The van der Waals surface area contributed by atoms with Gasteiger partial charge < -0.3 is 14.8 Å². The van der Waals surface area contributed by atoms with Gasteiger partial charge in [0.15, 0.2) is 0 Å². The molecule has 0 radical (unpaired) electrons. The van der Waals surface area contributed by atoms with Gasteiger partial charge in [-0.3, -0.25) is 9.59 Å². The lowest BCUT2D eigenvalue weighted by Crippen LogP contribution is -2.42. The van der Waals surface area contributed by atoms with Crippen LogP contribution in [0.1, 0.15) is 52.4 Å². The van der Waals surface area contributed by atoms with E-state index in [1.54, 1.807) is 0 Å². The fourth-order valence-electron chi connectivity index (χ4n) is 1.52. The quantitative estimate of drug-likeness (QED) is 0.487. The van der Waals surface area contributed by atoms with E-state index in [0.717, 1.165) is 12.8 Å². The van der Waals surface area contributed by atoms with Gasteiger partial charge in [-0.05, 0) is 19.3 Å². The third-order valence-electron chi connectivity index (χ3n) is 2.70. The molecule has 0 bridgehead atoms. The normalized spacial score (nSPS) is 11.6. The minimum absolute atomic E-state index is 0.0659. The average molecular weight is 287 g/mol. The Morgan fingerprint density at radius 1 is 1.10 bits per heavy atom. The molecular formula is C14H25NO5. The van der Waals surface area contributed by atoms with Crippen molar-refractivity contribution in [2.45, 2.75) is 58.4 Å². The van der Waals surface area contributed by atoms with Crippen molar-refractivity contribution < 1.29 is 23.9 Å². The van der Waals surface area contributed by atoms with Gasteiger partial charge in [-0.2, -0.15) is 0 Å². The zero-order chi connectivity index (χ0) is 15.4. The Labute approximate surface area is 120 Å². The smallest absolute Gasteiger partial charge is 0.328 e. The first-order valence-electron chi connectivity index (χ1n) is 7.07. The van der Waals surface area contributed by atoms with Crippen LogP contribution in [0.25, 0.3) is 0 Å². The summed E-state index contributed by atoms with van der Waals surface area (Å²) in [5, 5.41) is 2.60. The van der Waals surface area contributed by atoms with E-state index in [2.05, 4.69) is 10.1 Å². The molecule has 0 saturated heterocycles. The number of hydrogen-bond acceptors (Lipinski definition) is 5. The number of carbonyl (C=O) groups is 3. The summed E-state index contributed by atoms with van der Waals surface area (Å²) in [4.78, 5) is 34.6. The van der Waals surface area contributed by atoms with E-state index in [4.69, 9.17) is 4.74 Å². The van der Waals surface area contributed by atoms with Crippen LogP contribution in [0.15, 0.2) is 0 Å². The van der Waals surface area contributed by atoms with Crippen LogP contribution in [0.2, 0.25) is 0 Å². The summed E-state index contributed by atoms with van der Waals surface area (Å²) in [5.74, 6) is -1.12. The standard InChI is InChI=1S/C14H25NO5/c1-4-6-10-20-14(18)11(8-9-13(17)19-3)15-12(16)7-5-2/h11H,4-10H2,1-3H3,(H,15,16)/t11-/m0/s1. The zero-order valence-electron chi connectivity index (χ0n) is 12.6. The van der Waals surface area contributed by atoms with Crippen LogP contribution in [0.3, 0.4) is 0 Å². The Bertz CT molecular complexity index is 317. The van der Waals surface area contributed by atoms with Gasteiger partial charge in [0.05, 0.1) is 13.7 Å². The molecule has 0 saturated carbocycles. The molecule has 0 aromatic heterocycles. The van der Waals surface area contributed by atoms with Gasteiger partial charge in [-0.1, -0.05) is 20.3 Å². The number of esters is 2. The largest absolute Gasteiger partial charge is 0.469 e. The van der Waals surface area contributed by atoms with Crippen molar-refractivity contribution in [3.05, 3.63) is 0 Å². The summed E-state index contributed by atoms with van der Waals surface area (Å²) in [6, 6.07) is -0.787. The number of unbranched alkanes of at least 4 members (excludes halogenated alkanes) is 1. The molecule has 1 N–H and O–H groups in total. The van der Waals surface area contributed by atoms with Crippen molar-refractivity contribution in [1.29, 1.82) is 0 Å². The molecule has 0 rings (SSSR count). The van der Waals surface area contributed by atoms with Crippen LogP contribution in [0.4, 0.5) is 0 Å². The lowest BCUT2D eigenvalue weighted by molar-refractivity contribution is -0.149. The highest BCUT2D eigenvalue weighted by atomic mass is 16.5. The monoisotopic (exact) mass is 287 g/mol. The van der Waals surface area contributed by atoms with Gasteiger partial charge in [0, 0.05) is 12.8 Å². The van der Waals surface area contributed by atoms with E-state index in [-0.39, 0.29) is 18.7 Å². The molecule has 6 nitrogen and oxygen atoms in total. The van der Waals surface area contributed by atoms with Crippen LogP contribution in [0, 0.1) is 0 Å². The third-order valence-corrected chi connectivity index (χ3v) is 2.70. The van der Waals surface area contributed by atoms with Crippen molar-refractivity contribution in [1.82, 2.24) is 5.32 Å². The van der Waals surface area contributed by atoms with E-state index in [0.29, 0.717) is 19.4 Å². The van der Waals surface area contributed by atoms with Crippen LogP contribution in [0.5, 0.6) is 0 Å². The third kappa shape index (κ3) is 8.50. The summed E-state index contributed by atoms with van der Waals surface area (Å²) < 4.78 is 9.61. The minimum atomic E-state index is -0.787. The molecule has 20 heavy (non-hydrogen) atoms.